The van der Waals surface area contributed by atoms with Crippen LogP contribution in [0.2, 0.25) is 5.02 Å². The van der Waals surface area contributed by atoms with Gasteiger partial charge in [-0.1, -0.05) is 29.8 Å². The fraction of sp³-hybridized carbons (Fsp3) is 0.238. The Bertz CT molecular complexity index is 1110. The number of hydrogen-bond donors (Lipinski definition) is 2. The third-order valence-electron chi connectivity index (χ3n) is 4.22. The Morgan fingerprint density at radius 3 is 2.79 bits per heavy atom. The van der Waals surface area contributed by atoms with Gasteiger partial charge in [0.05, 0.1) is 21.6 Å². The zero-order chi connectivity index (χ0) is 20.8. The first-order valence-corrected chi connectivity index (χ1v) is 9.50. The Morgan fingerprint density at radius 2 is 2.00 bits per heavy atom. The van der Waals surface area contributed by atoms with Crippen LogP contribution in [0.15, 0.2) is 47.3 Å². The predicted octanol–water partition coefficient (Wildman–Crippen LogP) is 3.39. The van der Waals surface area contributed by atoms with Crippen molar-refractivity contribution < 1.29 is 14.3 Å². The molecule has 0 aliphatic rings. The Hall–Kier alpha value is -3.19. The second kappa shape index (κ2) is 9.34. The number of amides is 1. The second-order valence-corrected chi connectivity index (χ2v) is 6.98. The molecule has 1 aromatic heterocycles. The largest absolute Gasteiger partial charge is 0.456 e. The van der Waals surface area contributed by atoms with Crippen molar-refractivity contribution in [2.24, 2.45) is 0 Å². The maximum atomic E-state index is 12.0. The SMILES string of the molecule is Cc1ccc(NC(=O)COC(=O)CCCc2nc3ccccc3c(=O)[nH]2)c(Cl)c1. The van der Waals surface area contributed by atoms with Crippen LogP contribution in [0.1, 0.15) is 24.2 Å². The Labute approximate surface area is 172 Å². The number of aryl methyl sites for hydroxylation is 2. The number of rotatable bonds is 7. The Morgan fingerprint density at radius 1 is 1.21 bits per heavy atom. The third-order valence-corrected chi connectivity index (χ3v) is 4.53. The van der Waals surface area contributed by atoms with Crippen LogP contribution < -0.4 is 10.9 Å². The number of anilines is 1. The minimum Gasteiger partial charge on any atom is -0.456 e. The number of ether oxygens (including phenoxy) is 1. The number of aromatic nitrogens is 2. The van der Waals surface area contributed by atoms with E-state index in [1.54, 1.807) is 30.3 Å². The molecule has 0 bridgehead atoms. The van der Waals surface area contributed by atoms with Gasteiger partial charge in [0.25, 0.3) is 11.5 Å². The number of nitrogens with one attached hydrogen (secondary N) is 2. The van der Waals surface area contributed by atoms with Crippen molar-refractivity contribution >= 4 is 40.1 Å². The van der Waals surface area contributed by atoms with Gasteiger partial charge in [0.15, 0.2) is 6.61 Å². The van der Waals surface area contributed by atoms with E-state index in [-0.39, 0.29) is 12.0 Å². The minimum absolute atomic E-state index is 0.106. The molecule has 150 valence electrons. The van der Waals surface area contributed by atoms with Crippen LogP contribution in [0.4, 0.5) is 5.69 Å². The summed E-state index contributed by atoms with van der Waals surface area (Å²) in [6.45, 7) is 1.50. The average Bonchev–Trinajstić information content (AvgIpc) is 2.69. The second-order valence-electron chi connectivity index (χ2n) is 6.58. The number of hydrogen-bond acceptors (Lipinski definition) is 5. The molecule has 0 fully saturated rings. The van der Waals surface area contributed by atoms with Gasteiger partial charge in [-0.05, 0) is 43.2 Å². The summed E-state index contributed by atoms with van der Waals surface area (Å²) < 4.78 is 4.99. The smallest absolute Gasteiger partial charge is 0.306 e. The van der Waals surface area contributed by atoms with Gasteiger partial charge in [-0.2, -0.15) is 0 Å². The van der Waals surface area contributed by atoms with Crippen LogP contribution >= 0.6 is 11.6 Å². The summed E-state index contributed by atoms with van der Waals surface area (Å²) in [6.07, 6.45) is 0.959. The van der Waals surface area contributed by atoms with Crippen molar-refractivity contribution in [3.63, 3.8) is 0 Å². The molecule has 0 atom stereocenters. The molecule has 0 aliphatic heterocycles. The highest BCUT2D eigenvalue weighted by molar-refractivity contribution is 6.33. The van der Waals surface area contributed by atoms with E-state index in [1.165, 1.54) is 0 Å². The Balaban J connectivity index is 1.44. The van der Waals surface area contributed by atoms with Gasteiger partial charge in [0, 0.05) is 12.8 Å². The van der Waals surface area contributed by atoms with E-state index >= 15 is 0 Å². The lowest BCUT2D eigenvalue weighted by atomic mass is 10.2. The number of carbonyl (C=O) groups is 2. The van der Waals surface area contributed by atoms with Gasteiger partial charge >= 0.3 is 5.97 Å². The highest BCUT2D eigenvalue weighted by Crippen LogP contribution is 2.22. The summed E-state index contributed by atoms with van der Waals surface area (Å²) in [6, 6.07) is 12.3. The van der Waals surface area contributed by atoms with Crippen molar-refractivity contribution in [3.8, 4) is 0 Å². The van der Waals surface area contributed by atoms with Crippen LogP contribution in [0.5, 0.6) is 0 Å². The molecular formula is C21H20ClN3O4. The van der Waals surface area contributed by atoms with Crippen LogP contribution in [-0.4, -0.2) is 28.5 Å². The molecule has 7 nitrogen and oxygen atoms in total. The van der Waals surface area contributed by atoms with E-state index in [0.29, 0.717) is 40.3 Å². The number of carbonyl (C=O) groups excluding carboxylic acids is 2. The van der Waals surface area contributed by atoms with E-state index in [1.807, 2.05) is 19.1 Å². The normalized spacial score (nSPS) is 10.7. The first kappa shape index (κ1) is 20.5. The zero-order valence-corrected chi connectivity index (χ0v) is 16.6. The van der Waals surface area contributed by atoms with Crippen molar-refractivity contribution in [2.75, 3.05) is 11.9 Å². The van der Waals surface area contributed by atoms with E-state index in [2.05, 4.69) is 15.3 Å². The summed E-state index contributed by atoms with van der Waals surface area (Å²) in [4.78, 5) is 42.9. The summed E-state index contributed by atoms with van der Waals surface area (Å²) in [5, 5.41) is 3.54. The minimum atomic E-state index is -0.502. The Kier molecular flexibility index (Phi) is 6.61. The summed E-state index contributed by atoms with van der Waals surface area (Å²) >= 11 is 6.06. The molecular weight excluding hydrogens is 394 g/mol. The maximum absolute atomic E-state index is 12.0. The van der Waals surface area contributed by atoms with Crippen LogP contribution in [0.25, 0.3) is 10.9 Å². The molecule has 0 aliphatic carbocycles. The van der Waals surface area contributed by atoms with E-state index in [0.717, 1.165) is 5.56 Å². The molecule has 0 saturated heterocycles. The van der Waals surface area contributed by atoms with E-state index < -0.39 is 18.5 Å². The predicted molar refractivity (Wildman–Crippen MR) is 111 cm³/mol. The fourth-order valence-electron chi connectivity index (χ4n) is 2.78. The van der Waals surface area contributed by atoms with Crippen LogP contribution in [0, 0.1) is 6.92 Å². The molecule has 0 unspecified atom stereocenters. The van der Waals surface area contributed by atoms with Crippen molar-refractivity contribution in [1.82, 2.24) is 9.97 Å². The number of nitrogens with zero attached hydrogens (tertiary/aromatic N) is 1. The van der Waals surface area contributed by atoms with Crippen molar-refractivity contribution in [1.29, 1.82) is 0 Å². The van der Waals surface area contributed by atoms with E-state index in [4.69, 9.17) is 16.3 Å². The van der Waals surface area contributed by atoms with Crippen molar-refractivity contribution in [2.45, 2.75) is 26.2 Å². The molecule has 0 saturated carbocycles. The lowest BCUT2D eigenvalue weighted by molar-refractivity contribution is -0.147. The fourth-order valence-corrected chi connectivity index (χ4v) is 3.06. The van der Waals surface area contributed by atoms with E-state index in [9.17, 15) is 14.4 Å². The first-order chi connectivity index (χ1) is 13.9. The quantitative estimate of drug-likeness (QED) is 0.578. The number of benzene rings is 2. The molecule has 29 heavy (non-hydrogen) atoms. The van der Waals surface area contributed by atoms with Gasteiger partial charge in [-0.25, -0.2) is 4.98 Å². The molecule has 1 heterocycles. The zero-order valence-electron chi connectivity index (χ0n) is 15.8. The lowest BCUT2D eigenvalue weighted by Crippen LogP contribution is -2.21. The molecule has 3 aromatic rings. The third kappa shape index (κ3) is 5.65. The first-order valence-electron chi connectivity index (χ1n) is 9.12. The highest BCUT2D eigenvalue weighted by atomic mass is 35.5. The maximum Gasteiger partial charge on any atom is 0.306 e. The van der Waals surface area contributed by atoms with Gasteiger partial charge in [0.1, 0.15) is 5.82 Å². The monoisotopic (exact) mass is 413 g/mol. The summed E-state index contributed by atoms with van der Waals surface area (Å²) in [5.74, 6) is -0.462. The lowest BCUT2D eigenvalue weighted by Gasteiger charge is -2.08. The number of esters is 1. The molecule has 2 N–H and O–H groups in total. The summed E-state index contributed by atoms with van der Waals surface area (Å²) in [5.41, 5.74) is 1.84. The standard InChI is InChI=1S/C21H20ClN3O4/c1-13-9-10-17(15(22)11-13)24-19(26)12-29-20(27)8-4-7-18-23-16-6-3-2-5-14(16)21(28)25-18/h2-3,5-6,9-11H,4,7-8,12H2,1H3,(H,24,26)(H,23,25,28). The van der Waals surface area contributed by atoms with Gasteiger partial charge in [0.2, 0.25) is 0 Å². The van der Waals surface area contributed by atoms with Crippen LogP contribution in [0.3, 0.4) is 0 Å². The number of aromatic amines is 1. The molecule has 8 heteroatoms. The topological polar surface area (TPSA) is 101 Å². The van der Waals surface area contributed by atoms with Crippen molar-refractivity contribution in [3.05, 3.63) is 69.2 Å². The van der Waals surface area contributed by atoms with Gasteiger partial charge < -0.3 is 15.0 Å². The molecule has 0 radical (unpaired) electrons. The average molecular weight is 414 g/mol. The highest BCUT2D eigenvalue weighted by Gasteiger charge is 2.10. The molecule has 2 aromatic carbocycles. The molecule has 3 rings (SSSR count). The number of para-hydroxylation sites is 1. The van der Waals surface area contributed by atoms with Gasteiger partial charge in [-0.3, -0.25) is 14.4 Å². The molecule has 0 spiro atoms. The summed E-state index contributed by atoms with van der Waals surface area (Å²) in [7, 11) is 0. The number of halogens is 1. The van der Waals surface area contributed by atoms with Gasteiger partial charge in [-0.15, -0.1) is 0 Å². The molecule has 1 amide bonds. The number of fused-ring (bicyclic) bond motifs is 1. The van der Waals surface area contributed by atoms with Crippen LogP contribution in [-0.2, 0) is 20.7 Å². The number of H-pyrrole nitrogens is 1.